The van der Waals surface area contributed by atoms with Crippen LogP contribution in [0.15, 0.2) is 0 Å². The topological polar surface area (TPSA) is 92.2 Å². The second kappa shape index (κ2) is 32.6. The van der Waals surface area contributed by atoms with E-state index in [1.807, 2.05) is 0 Å². The van der Waals surface area contributed by atoms with Gasteiger partial charge in [-0.1, -0.05) is 13.8 Å². The van der Waals surface area contributed by atoms with Crippen molar-refractivity contribution in [2.75, 3.05) is 0 Å². The van der Waals surface area contributed by atoms with Gasteiger partial charge in [0.2, 0.25) is 23.7 Å². The molecule has 0 aliphatic heterocycles. The van der Waals surface area contributed by atoms with E-state index in [2.05, 4.69) is 13.1 Å². The molecule has 0 heterocycles. The molecule has 0 aliphatic carbocycles. The fourth-order valence-electron chi connectivity index (χ4n) is 0.831. The van der Waals surface area contributed by atoms with Gasteiger partial charge >= 0.3 is 19.7 Å². The summed E-state index contributed by atoms with van der Waals surface area (Å²) in [6, 6.07) is 0. The largest absolute Gasteiger partial charge is 0.814 e. The summed E-state index contributed by atoms with van der Waals surface area (Å²) in [6.45, 7) is 10.1. The molecule has 52 heavy (non-hydrogen) atoms. The molecule has 0 unspecified atom stereocenters. The van der Waals surface area contributed by atoms with Gasteiger partial charge in [-0.25, -0.2) is 58.1 Å². The van der Waals surface area contributed by atoms with Gasteiger partial charge in [0.1, 0.15) is 0 Å². The van der Waals surface area contributed by atoms with Crippen molar-refractivity contribution < 1.29 is 144 Å². The van der Waals surface area contributed by atoms with Crippen LogP contribution >= 0.6 is 45.2 Å². The second-order valence-corrected chi connectivity index (χ2v) is 8.71. The molecule has 0 fully saturated rings. The summed E-state index contributed by atoms with van der Waals surface area (Å²) in [6.07, 6.45) is -14.2. The fraction of sp³-hybridized carbons (Fsp3) is 0.500. The van der Waals surface area contributed by atoms with E-state index >= 15 is 0 Å². The summed E-state index contributed by atoms with van der Waals surface area (Å²) in [5.74, 6) is -36.7. The minimum absolute atomic E-state index is 0. The molecule has 0 spiro atoms. The van der Waals surface area contributed by atoms with Crippen LogP contribution in [0.3, 0.4) is 0 Å². The first-order valence-corrected chi connectivity index (χ1v) is 11.5. The Kier molecular flexibility index (Phi) is 50.1. The summed E-state index contributed by atoms with van der Waals surface area (Å²) in [7, 11) is 0. The third-order valence-corrected chi connectivity index (χ3v) is 4.20. The first-order valence-electron chi connectivity index (χ1n) is 9.35. The maximum absolute atomic E-state index is 12.2. The number of hydrogen-bond donors (Lipinski definition) is 0. The van der Waals surface area contributed by atoms with Gasteiger partial charge in [-0.3, -0.25) is 0 Å². The van der Waals surface area contributed by atoms with Gasteiger partial charge < -0.3 is 60.8 Å². The standard InChI is InChI=1S/C4F8I2.2C4F8.2C2H4N.2CHN.2CH3.2Zn/c5-1(6,3(9,10)13)2(7,8)4(11,12)14;2*5-1(6)3(9,10)4(11,12)2(7)8;2*1-2-3;2*1-2;;;;/h;;;2*2H,1H3;2*1H;2*1H3;;/q;2*-2;2*-1;;;2*-1;;. The zero-order valence-corrected chi connectivity index (χ0v) is 35.6. The van der Waals surface area contributed by atoms with E-state index in [0.29, 0.717) is 0 Å². The predicted octanol–water partition coefficient (Wildman–Crippen LogP) is 13.0. The van der Waals surface area contributed by atoms with Crippen molar-refractivity contribution in [2.24, 2.45) is 0 Å². The van der Waals surface area contributed by atoms with E-state index < -0.39 is 69.1 Å². The molecule has 0 radical (unpaired) electrons. The Morgan fingerprint density at radius 2 is 0.500 bits per heavy atom. The van der Waals surface area contributed by atoms with Gasteiger partial charge in [-0.05, 0) is 0 Å². The minimum atomic E-state index is -6.12. The molecule has 0 saturated heterocycles. The molecule has 0 aromatic carbocycles. The minimum Gasteiger partial charge on any atom is -0.814 e. The van der Waals surface area contributed by atoms with Crippen molar-refractivity contribution in [3.8, 4) is 13.1 Å². The van der Waals surface area contributed by atoms with Crippen LogP contribution in [0, 0.1) is 64.2 Å². The Labute approximate surface area is 332 Å². The van der Waals surface area contributed by atoms with E-state index in [1.165, 1.54) is 0 Å². The molecule has 0 N–H and O–H groups in total. The molecular weight excluding hydrogens is 1140 g/mol. The maximum atomic E-state index is 12.2. The van der Waals surface area contributed by atoms with Gasteiger partial charge in [0.15, 0.2) is 0 Å². The summed E-state index contributed by atoms with van der Waals surface area (Å²) in [5.41, 5.74) is 0. The van der Waals surface area contributed by atoms with Crippen LogP contribution in [0.1, 0.15) is 13.8 Å². The molecule has 0 rings (SSSR count). The molecule has 0 bridgehead atoms. The van der Waals surface area contributed by atoms with Gasteiger partial charge in [-0.2, -0.15) is 35.1 Å². The average Bonchev–Trinajstić information content (AvgIpc) is 2.90. The van der Waals surface area contributed by atoms with Crippen LogP contribution in [0.25, 0.3) is 10.8 Å². The Morgan fingerprint density at radius 1 is 0.423 bits per heavy atom. The molecule has 0 aromatic rings. The van der Waals surface area contributed by atoms with E-state index in [-0.39, 0.29) is 99.0 Å². The van der Waals surface area contributed by atoms with E-state index in [9.17, 15) is 105 Å². The molecule has 0 atom stereocenters. The molecule has 310 valence electrons. The van der Waals surface area contributed by atoms with Gasteiger partial charge in [0, 0.05) is 97.3 Å². The molecule has 0 saturated carbocycles. The van der Waals surface area contributed by atoms with Crippen LogP contribution in [0.4, 0.5) is 105 Å². The number of hydrogen-bond acceptors (Lipinski definition) is 2. The van der Waals surface area contributed by atoms with Crippen LogP contribution in [0.5, 0.6) is 0 Å². The number of halogens is 26. The monoisotopic (exact) mass is 1150 g/mol. The number of nitrogens with zero attached hydrogens (tertiary/aromatic N) is 4. The maximum Gasteiger partial charge on any atom is 0.388 e. The van der Waals surface area contributed by atoms with Crippen molar-refractivity contribution in [3.63, 3.8) is 0 Å². The van der Waals surface area contributed by atoms with Crippen molar-refractivity contribution in [1.82, 2.24) is 0 Å². The summed E-state index contributed by atoms with van der Waals surface area (Å²) >= 11 is -0.631. The molecule has 0 amide bonds. The van der Waals surface area contributed by atoms with E-state index in [4.69, 9.17) is 21.3 Å². The number of rotatable bonds is 9. The smallest absolute Gasteiger partial charge is 0.388 e. The van der Waals surface area contributed by atoms with Gasteiger partial charge in [0.25, 0.3) is 0 Å². The SMILES string of the molecule is C#N.C#N.CC=[N-].CC=[N-].FC(F)(I)C(F)(F)C(F)(F)C(F)(F)I.F[C-](F)C(F)(F)C(F)(F)[C-](F)F.F[C-](F)C(F)(F)C(F)(F)[C-](F)F.[CH3-].[CH3-].[Zn].[Zn]. The predicted molar refractivity (Wildman–Crippen MR) is 146 cm³/mol. The number of nitriles is 2. The van der Waals surface area contributed by atoms with Gasteiger partial charge in [0.05, 0.1) is 25.7 Å². The Bertz CT molecular complexity index is 804. The van der Waals surface area contributed by atoms with Gasteiger partial charge in [-0.15, -0.1) is 0 Å². The second-order valence-electron chi connectivity index (χ2n) is 6.00. The molecule has 0 aliphatic rings. The van der Waals surface area contributed by atoms with E-state index in [0.717, 1.165) is 12.4 Å². The molecule has 0 aromatic heterocycles. The third kappa shape index (κ3) is 24.7. The van der Waals surface area contributed by atoms with Crippen LogP contribution in [-0.2, 0) is 39.0 Å². The quantitative estimate of drug-likeness (QED) is 0.0575. The van der Waals surface area contributed by atoms with Crippen molar-refractivity contribution in [1.29, 1.82) is 10.5 Å². The number of alkyl halides is 18. The van der Waals surface area contributed by atoms with Crippen molar-refractivity contribution in [2.45, 2.75) is 57.2 Å². The van der Waals surface area contributed by atoms with Crippen LogP contribution < -0.4 is 0 Å². The first-order chi connectivity index (χ1) is 20.9. The normalized spacial score (nSPS) is 11.5. The fourth-order valence-corrected chi connectivity index (χ4v) is 1.51. The Morgan fingerprint density at radius 3 is 0.538 bits per heavy atom. The average molecular weight is 1150 g/mol. The van der Waals surface area contributed by atoms with Crippen LogP contribution in [0.2, 0.25) is 0 Å². The summed E-state index contributed by atoms with van der Waals surface area (Å²) in [4.78, 5) is 0. The third-order valence-electron chi connectivity index (χ3n) is 2.84. The zero-order chi connectivity index (χ0) is 41.7. The van der Waals surface area contributed by atoms with E-state index in [1.54, 1.807) is 13.8 Å². The molecular formula is C20H16F24I2N4Zn2-8. The zero-order valence-electron chi connectivity index (χ0n) is 25.3. The Balaban J connectivity index is -0.0000000462. The summed E-state index contributed by atoms with van der Waals surface area (Å²) < 4.78 is 266. The first kappa shape index (κ1) is 80.0. The van der Waals surface area contributed by atoms with Crippen molar-refractivity contribution >= 4 is 57.6 Å². The van der Waals surface area contributed by atoms with Crippen LogP contribution in [-0.4, -0.2) is 55.8 Å². The van der Waals surface area contributed by atoms with Crippen molar-refractivity contribution in [3.05, 3.63) is 51.4 Å². The molecule has 4 nitrogen and oxygen atoms in total. The molecule has 32 heteroatoms. The Hall–Kier alpha value is -0.653. The summed E-state index contributed by atoms with van der Waals surface area (Å²) in [5, 5.41) is 27.9.